The third-order valence-corrected chi connectivity index (χ3v) is 3.96. The van der Waals surface area contributed by atoms with Crippen molar-refractivity contribution in [2.75, 3.05) is 0 Å². The molecule has 0 saturated carbocycles. The molecule has 2 aromatic rings. The molecular formula is C19H12F8O4. The average molecular weight is 456 g/mol. The number of benzene rings is 2. The van der Waals surface area contributed by atoms with Crippen molar-refractivity contribution in [2.45, 2.75) is 26.2 Å². The molecule has 0 bridgehead atoms. The summed E-state index contributed by atoms with van der Waals surface area (Å²) in [5, 5.41) is 0. The Hall–Kier alpha value is -3.18. The van der Waals surface area contributed by atoms with Crippen molar-refractivity contribution in [2.24, 2.45) is 5.41 Å². The summed E-state index contributed by atoms with van der Waals surface area (Å²) in [5.41, 5.74) is -5.82. The highest BCUT2D eigenvalue weighted by atomic mass is 19.4. The van der Waals surface area contributed by atoms with E-state index < -0.39 is 64.0 Å². The Morgan fingerprint density at radius 1 is 0.677 bits per heavy atom. The summed E-state index contributed by atoms with van der Waals surface area (Å²) in [6.45, 7) is 1.68. The van der Waals surface area contributed by atoms with E-state index in [1.807, 2.05) is 0 Å². The number of hydrogen-bond acceptors (Lipinski definition) is 4. The van der Waals surface area contributed by atoms with E-state index in [2.05, 4.69) is 9.47 Å². The number of rotatable bonds is 4. The van der Waals surface area contributed by atoms with Gasteiger partial charge in [-0.1, -0.05) is 12.1 Å². The third kappa shape index (κ3) is 5.12. The number of carbonyl (C=O) groups excluding carboxylic acids is 2. The number of hydrogen-bond donors (Lipinski definition) is 0. The van der Waals surface area contributed by atoms with Gasteiger partial charge in [-0.15, -0.1) is 0 Å². The number of halogens is 8. The summed E-state index contributed by atoms with van der Waals surface area (Å²) in [6.07, 6.45) is -10.2. The summed E-state index contributed by atoms with van der Waals surface area (Å²) in [7, 11) is 0. The first-order chi connectivity index (χ1) is 14.1. The van der Waals surface area contributed by atoms with Crippen molar-refractivity contribution in [1.29, 1.82) is 0 Å². The largest absolute Gasteiger partial charge is 0.423 e. The minimum atomic E-state index is -5.10. The molecule has 0 aromatic heterocycles. The van der Waals surface area contributed by atoms with Gasteiger partial charge in [0.1, 0.15) is 0 Å². The van der Waals surface area contributed by atoms with Crippen LogP contribution in [0.1, 0.15) is 25.0 Å². The second kappa shape index (κ2) is 8.16. The van der Waals surface area contributed by atoms with Crippen LogP contribution in [-0.4, -0.2) is 11.9 Å². The Balaban J connectivity index is 2.27. The van der Waals surface area contributed by atoms with Crippen LogP contribution in [0.3, 0.4) is 0 Å². The Morgan fingerprint density at radius 2 is 1.00 bits per heavy atom. The van der Waals surface area contributed by atoms with Gasteiger partial charge in [0.15, 0.2) is 28.5 Å². The SMILES string of the molecule is CC(C)(C(=O)Oc1cccc(C(F)(F)F)c1F)C(=O)Oc1cccc(C(F)(F)F)c1F. The molecule has 168 valence electrons. The molecule has 4 nitrogen and oxygen atoms in total. The molecule has 0 amide bonds. The summed E-state index contributed by atoms with van der Waals surface area (Å²) in [6, 6.07) is 3.66. The fraction of sp³-hybridized carbons (Fsp3) is 0.263. The highest BCUT2D eigenvalue weighted by molar-refractivity contribution is 6.00. The molecule has 2 rings (SSSR count). The molecule has 0 aliphatic heterocycles. The molecule has 0 heterocycles. The lowest BCUT2D eigenvalue weighted by Gasteiger charge is -2.21. The van der Waals surface area contributed by atoms with Crippen LogP contribution in [0, 0.1) is 17.0 Å². The zero-order valence-electron chi connectivity index (χ0n) is 15.6. The van der Waals surface area contributed by atoms with Gasteiger partial charge in [0.25, 0.3) is 0 Å². The van der Waals surface area contributed by atoms with Crippen LogP contribution in [0.15, 0.2) is 36.4 Å². The lowest BCUT2D eigenvalue weighted by molar-refractivity contribution is -0.159. The fourth-order valence-electron chi connectivity index (χ4n) is 2.16. The lowest BCUT2D eigenvalue weighted by atomic mass is 9.94. The molecule has 31 heavy (non-hydrogen) atoms. The molecule has 0 saturated heterocycles. The van der Waals surface area contributed by atoms with Crippen LogP contribution in [-0.2, 0) is 21.9 Å². The first kappa shape index (κ1) is 24.1. The van der Waals surface area contributed by atoms with Gasteiger partial charge in [0, 0.05) is 0 Å². The van der Waals surface area contributed by atoms with E-state index in [1.165, 1.54) is 0 Å². The highest BCUT2D eigenvalue weighted by Gasteiger charge is 2.43. The normalized spacial score (nSPS) is 12.5. The standard InChI is InChI=1S/C19H12F8O4/c1-17(2,15(28)30-11-7-3-5-9(13(11)20)18(22,23)24)16(29)31-12-8-4-6-10(14(12)21)19(25,26)27/h3-8H,1-2H3. The van der Waals surface area contributed by atoms with Crippen LogP contribution in [0.4, 0.5) is 35.1 Å². The van der Waals surface area contributed by atoms with E-state index in [4.69, 9.17) is 0 Å². The molecule has 2 aromatic carbocycles. The Kier molecular flexibility index (Phi) is 6.34. The smallest absolute Gasteiger partial charge is 0.419 e. The summed E-state index contributed by atoms with van der Waals surface area (Å²) in [5.74, 6) is -9.32. The number of carbonyl (C=O) groups is 2. The quantitative estimate of drug-likeness (QED) is 0.263. The van der Waals surface area contributed by atoms with Crippen LogP contribution >= 0.6 is 0 Å². The first-order valence-corrected chi connectivity index (χ1v) is 8.22. The van der Waals surface area contributed by atoms with E-state index in [0.29, 0.717) is 24.3 Å². The molecule has 0 radical (unpaired) electrons. The maximum Gasteiger partial charge on any atom is 0.419 e. The zero-order valence-corrected chi connectivity index (χ0v) is 15.6. The third-order valence-electron chi connectivity index (χ3n) is 3.96. The van der Waals surface area contributed by atoms with Crippen molar-refractivity contribution < 1.29 is 54.2 Å². The predicted molar refractivity (Wildman–Crippen MR) is 87.9 cm³/mol. The average Bonchev–Trinajstić information content (AvgIpc) is 2.62. The number of esters is 2. The number of ether oxygens (including phenoxy) is 2. The first-order valence-electron chi connectivity index (χ1n) is 8.22. The lowest BCUT2D eigenvalue weighted by Crippen LogP contribution is -2.40. The van der Waals surface area contributed by atoms with Crippen LogP contribution in [0.2, 0.25) is 0 Å². The molecular weight excluding hydrogens is 444 g/mol. The molecule has 0 aliphatic rings. The fourth-order valence-corrected chi connectivity index (χ4v) is 2.16. The maximum atomic E-state index is 14.0. The van der Waals surface area contributed by atoms with Gasteiger partial charge in [0.2, 0.25) is 0 Å². The highest BCUT2D eigenvalue weighted by Crippen LogP contribution is 2.37. The second-order valence-corrected chi connectivity index (χ2v) is 6.63. The number of alkyl halides is 6. The van der Waals surface area contributed by atoms with Gasteiger partial charge in [-0.3, -0.25) is 9.59 Å². The van der Waals surface area contributed by atoms with Crippen molar-refractivity contribution in [1.82, 2.24) is 0 Å². The second-order valence-electron chi connectivity index (χ2n) is 6.63. The van der Waals surface area contributed by atoms with Crippen LogP contribution in [0.25, 0.3) is 0 Å². The van der Waals surface area contributed by atoms with Crippen molar-refractivity contribution in [3.63, 3.8) is 0 Å². The molecule has 0 N–H and O–H groups in total. The molecule has 12 heteroatoms. The van der Waals surface area contributed by atoms with Crippen molar-refractivity contribution in [3.05, 3.63) is 59.2 Å². The summed E-state index contributed by atoms with van der Waals surface area (Å²) >= 11 is 0. The molecule has 0 unspecified atom stereocenters. The predicted octanol–water partition coefficient (Wildman–Crippen LogP) is 5.54. The van der Waals surface area contributed by atoms with Gasteiger partial charge < -0.3 is 9.47 Å². The van der Waals surface area contributed by atoms with Gasteiger partial charge in [0.05, 0.1) is 11.1 Å². The van der Waals surface area contributed by atoms with Gasteiger partial charge >= 0.3 is 24.3 Å². The Morgan fingerprint density at radius 3 is 1.29 bits per heavy atom. The molecule has 0 aliphatic carbocycles. The minimum absolute atomic E-state index is 0.391. The van der Waals surface area contributed by atoms with Crippen molar-refractivity contribution in [3.8, 4) is 11.5 Å². The van der Waals surface area contributed by atoms with E-state index in [-0.39, 0.29) is 0 Å². The molecule has 0 fully saturated rings. The van der Waals surface area contributed by atoms with Gasteiger partial charge in [-0.05, 0) is 38.1 Å². The minimum Gasteiger partial charge on any atom is -0.423 e. The molecule has 0 spiro atoms. The maximum absolute atomic E-state index is 14.0. The van der Waals surface area contributed by atoms with Gasteiger partial charge in [-0.2, -0.15) is 26.3 Å². The topological polar surface area (TPSA) is 52.6 Å². The summed E-state index contributed by atoms with van der Waals surface area (Å²) < 4.78 is 114. The van der Waals surface area contributed by atoms with E-state index in [9.17, 15) is 44.7 Å². The zero-order chi connectivity index (χ0) is 23.8. The van der Waals surface area contributed by atoms with Crippen molar-refractivity contribution >= 4 is 11.9 Å². The van der Waals surface area contributed by atoms with E-state index >= 15 is 0 Å². The Bertz CT molecular complexity index is 929. The summed E-state index contributed by atoms with van der Waals surface area (Å²) in [4.78, 5) is 24.5. The van der Waals surface area contributed by atoms with Crippen LogP contribution < -0.4 is 9.47 Å². The molecule has 0 atom stereocenters. The monoisotopic (exact) mass is 456 g/mol. The van der Waals surface area contributed by atoms with Gasteiger partial charge in [-0.25, -0.2) is 8.78 Å². The van der Waals surface area contributed by atoms with Crippen LogP contribution in [0.5, 0.6) is 11.5 Å². The van der Waals surface area contributed by atoms with E-state index in [0.717, 1.165) is 26.0 Å². The Labute approximate surface area is 169 Å². The van der Waals surface area contributed by atoms with E-state index in [1.54, 1.807) is 0 Å².